The molecule has 0 unspecified atom stereocenters. The Bertz CT molecular complexity index is 644. The van der Waals surface area contributed by atoms with Crippen LogP contribution in [-0.4, -0.2) is 22.3 Å². The minimum Gasteiger partial charge on any atom is -0.435 e. The van der Waals surface area contributed by atoms with Crippen molar-refractivity contribution in [3.05, 3.63) is 46.2 Å². The van der Waals surface area contributed by atoms with Crippen molar-refractivity contribution in [1.82, 2.24) is 15.1 Å². The number of nitrogens with one attached hydrogen (secondary N) is 1. The maximum absolute atomic E-state index is 12.0. The van der Waals surface area contributed by atoms with Gasteiger partial charge in [-0.3, -0.25) is 9.48 Å². The molecule has 0 fully saturated rings. The quantitative estimate of drug-likeness (QED) is 0.845. The van der Waals surface area contributed by atoms with Crippen LogP contribution in [0.5, 0.6) is 5.75 Å². The van der Waals surface area contributed by atoms with Crippen LogP contribution < -0.4 is 10.1 Å². The van der Waals surface area contributed by atoms with E-state index < -0.39 is 6.61 Å². The van der Waals surface area contributed by atoms with E-state index in [0.29, 0.717) is 11.3 Å². The molecule has 1 aromatic carbocycles. The van der Waals surface area contributed by atoms with E-state index in [2.05, 4.69) is 31.1 Å². The first-order valence-corrected chi connectivity index (χ1v) is 7.33. The van der Waals surface area contributed by atoms with Crippen molar-refractivity contribution in [1.29, 1.82) is 0 Å². The molecule has 1 heterocycles. The fraction of sp³-hybridized carbons (Fsp3) is 0.286. The second-order valence-electron chi connectivity index (χ2n) is 4.36. The number of benzene rings is 1. The summed E-state index contributed by atoms with van der Waals surface area (Å²) in [5, 5.41) is 7.01. The Hall–Kier alpha value is -1.96. The largest absolute Gasteiger partial charge is 0.435 e. The van der Waals surface area contributed by atoms with Crippen molar-refractivity contribution in [3.63, 3.8) is 0 Å². The van der Waals surface area contributed by atoms with E-state index >= 15 is 0 Å². The zero-order valence-electron chi connectivity index (χ0n) is 11.7. The number of carbonyl (C=O) groups is 1. The molecule has 0 radical (unpaired) electrons. The van der Waals surface area contributed by atoms with Gasteiger partial charge in [-0.25, -0.2) is 0 Å². The second-order valence-corrected chi connectivity index (χ2v) is 5.22. The van der Waals surface area contributed by atoms with Crippen molar-refractivity contribution in [2.75, 3.05) is 0 Å². The van der Waals surface area contributed by atoms with Crippen LogP contribution in [0.1, 0.15) is 23.0 Å². The van der Waals surface area contributed by atoms with Crippen LogP contribution in [0.4, 0.5) is 8.78 Å². The highest BCUT2D eigenvalue weighted by Crippen LogP contribution is 2.16. The standard InChI is InChI=1S/C14H14BrF2N3O2/c1-2-20-8-11(15)12(19-20)7-18-13(21)9-3-5-10(6-4-9)22-14(16)17/h3-6,8,14H,2,7H2,1H3,(H,18,21). The zero-order valence-corrected chi connectivity index (χ0v) is 13.3. The smallest absolute Gasteiger partial charge is 0.387 e. The van der Waals surface area contributed by atoms with Crippen LogP contribution in [0.25, 0.3) is 0 Å². The van der Waals surface area contributed by atoms with Crippen LogP contribution in [-0.2, 0) is 13.1 Å². The number of alkyl halides is 2. The fourth-order valence-corrected chi connectivity index (χ4v) is 2.23. The van der Waals surface area contributed by atoms with E-state index in [1.807, 2.05) is 13.1 Å². The van der Waals surface area contributed by atoms with Gasteiger partial charge in [-0.2, -0.15) is 13.9 Å². The number of rotatable bonds is 6. The maximum atomic E-state index is 12.0. The summed E-state index contributed by atoms with van der Waals surface area (Å²) in [7, 11) is 0. The molecule has 8 heteroatoms. The third kappa shape index (κ3) is 4.27. The number of hydrogen-bond acceptors (Lipinski definition) is 3. The van der Waals surface area contributed by atoms with Gasteiger partial charge in [0.05, 0.1) is 16.7 Å². The van der Waals surface area contributed by atoms with E-state index in [1.54, 1.807) is 4.68 Å². The Balaban J connectivity index is 1.95. The van der Waals surface area contributed by atoms with Crippen LogP contribution in [0.15, 0.2) is 34.9 Å². The average molecular weight is 374 g/mol. The average Bonchev–Trinajstić information content (AvgIpc) is 2.85. The number of halogens is 3. The highest BCUT2D eigenvalue weighted by Gasteiger charge is 2.10. The Morgan fingerprint density at radius 2 is 2.09 bits per heavy atom. The van der Waals surface area contributed by atoms with Gasteiger partial charge in [-0.15, -0.1) is 0 Å². The summed E-state index contributed by atoms with van der Waals surface area (Å²) in [5.74, 6) is -0.308. The lowest BCUT2D eigenvalue weighted by atomic mass is 10.2. The van der Waals surface area contributed by atoms with E-state index in [0.717, 1.165) is 11.0 Å². The normalized spacial score (nSPS) is 10.8. The number of carbonyl (C=O) groups excluding carboxylic acids is 1. The molecule has 2 rings (SSSR count). The molecule has 1 aromatic heterocycles. The van der Waals surface area contributed by atoms with Gasteiger partial charge in [0.25, 0.3) is 5.91 Å². The SMILES string of the molecule is CCn1cc(Br)c(CNC(=O)c2ccc(OC(F)F)cc2)n1. The predicted molar refractivity (Wildman–Crippen MR) is 79.8 cm³/mol. The fourth-order valence-electron chi connectivity index (χ4n) is 1.77. The molecule has 0 aliphatic carbocycles. The molecule has 22 heavy (non-hydrogen) atoms. The second kappa shape index (κ2) is 7.35. The number of ether oxygens (including phenoxy) is 1. The number of nitrogens with zero attached hydrogens (tertiary/aromatic N) is 2. The summed E-state index contributed by atoms with van der Waals surface area (Å²) in [6, 6.07) is 5.49. The van der Waals surface area contributed by atoms with Crippen LogP contribution in [0.2, 0.25) is 0 Å². The molecular formula is C14H14BrF2N3O2. The van der Waals surface area contributed by atoms with Crippen molar-refractivity contribution in [2.24, 2.45) is 0 Å². The van der Waals surface area contributed by atoms with E-state index in [-0.39, 0.29) is 18.2 Å². The first kappa shape index (κ1) is 16.4. The molecule has 1 N–H and O–H groups in total. The maximum Gasteiger partial charge on any atom is 0.387 e. The van der Waals surface area contributed by atoms with Gasteiger partial charge in [0, 0.05) is 18.3 Å². The van der Waals surface area contributed by atoms with Crippen LogP contribution >= 0.6 is 15.9 Å². The Morgan fingerprint density at radius 1 is 1.41 bits per heavy atom. The van der Waals surface area contributed by atoms with E-state index in [4.69, 9.17) is 0 Å². The van der Waals surface area contributed by atoms with Gasteiger partial charge in [0.1, 0.15) is 5.75 Å². The summed E-state index contributed by atoms with van der Waals surface area (Å²) < 4.78 is 30.9. The summed E-state index contributed by atoms with van der Waals surface area (Å²) in [6.07, 6.45) is 1.83. The third-order valence-corrected chi connectivity index (χ3v) is 3.53. The molecule has 0 aliphatic heterocycles. The van der Waals surface area contributed by atoms with Crippen LogP contribution in [0, 0.1) is 0 Å². The minimum absolute atomic E-state index is 0.0102. The van der Waals surface area contributed by atoms with Gasteiger partial charge < -0.3 is 10.1 Å². The highest BCUT2D eigenvalue weighted by atomic mass is 79.9. The number of amides is 1. The van der Waals surface area contributed by atoms with E-state index in [9.17, 15) is 13.6 Å². The molecule has 5 nitrogen and oxygen atoms in total. The minimum atomic E-state index is -2.88. The molecular weight excluding hydrogens is 360 g/mol. The molecule has 0 saturated carbocycles. The van der Waals surface area contributed by atoms with Gasteiger partial charge >= 0.3 is 6.61 Å². The van der Waals surface area contributed by atoms with Crippen LogP contribution in [0.3, 0.4) is 0 Å². The Labute approximate surface area is 134 Å². The van der Waals surface area contributed by atoms with Gasteiger partial charge in [0.2, 0.25) is 0 Å². The van der Waals surface area contributed by atoms with Crippen molar-refractivity contribution < 1.29 is 18.3 Å². The predicted octanol–water partition coefficient (Wildman–Crippen LogP) is 3.20. The molecule has 0 saturated heterocycles. The van der Waals surface area contributed by atoms with Gasteiger partial charge in [-0.05, 0) is 47.1 Å². The molecule has 2 aromatic rings. The summed E-state index contributed by atoms with van der Waals surface area (Å²) in [4.78, 5) is 12.0. The summed E-state index contributed by atoms with van der Waals surface area (Å²) in [6.45, 7) is 0.0794. The van der Waals surface area contributed by atoms with Gasteiger partial charge in [-0.1, -0.05) is 0 Å². The summed E-state index contributed by atoms with van der Waals surface area (Å²) >= 11 is 3.37. The number of hydrogen-bond donors (Lipinski definition) is 1. The first-order chi connectivity index (χ1) is 10.5. The molecule has 1 amide bonds. The summed E-state index contributed by atoms with van der Waals surface area (Å²) in [5.41, 5.74) is 1.07. The molecule has 0 bridgehead atoms. The zero-order chi connectivity index (χ0) is 16.1. The van der Waals surface area contributed by atoms with Gasteiger partial charge in [0.15, 0.2) is 0 Å². The topological polar surface area (TPSA) is 56.2 Å². The monoisotopic (exact) mass is 373 g/mol. The molecule has 118 valence electrons. The molecule has 0 atom stereocenters. The molecule has 0 aliphatic rings. The number of aryl methyl sites for hydroxylation is 1. The van der Waals surface area contributed by atoms with Crippen molar-refractivity contribution in [2.45, 2.75) is 26.6 Å². The lowest BCUT2D eigenvalue weighted by Gasteiger charge is -2.06. The van der Waals surface area contributed by atoms with Crippen molar-refractivity contribution in [3.8, 4) is 5.75 Å². The first-order valence-electron chi connectivity index (χ1n) is 6.54. The lowest BCUT2D eigenvalue weighted by molar-refractivity contribution is -0.0498. The molecule has 0 spiro atoms. The third-order valence-electron chi connectivity index (χ3n) is 2.87. The Morgan fingerprint density at radius 3 is 2.64 bits per heavy atom. The lowest BCUT2D eigenvalue weighted by Crippen LogP contribution is -2.23. The highest BCUT2D eigenvalue weighted by molar-refractivity contribution is 9.10. The van der Waals surface area contributed by atoms with E-state index in [1.165, 1.54) is 24.3 Å². The number of aromatic nitrogens is 2. The Kier molecular flexibility index (Phi) is 5.48. The van der Waals surface area contributed by atoms with Crippen molar-refractivity contribution >= 4 is 21.8 Å².